The Bertz CT molecular complexity index is 459. The van der Waals surface area contributed by atoms with E-state index in [1.807, 2.05) is 13.0 Å². The minimum Gasteiger partial charge on any atom is -0.357 e. The highest BCUT2D eigenvalue weighted by atomic mass is 127. The number of aliphatic imine (C=N–C) groups is 1. The van der Waals surface area contributed by atoms with Crippen LogP contribution >= 0.6 is 24.0 Å². The van der Waals surface area contributed by atoms with Gasteiger partial charge >= 0.3 is 0 Å². The fourth-order valence-electron chi connectivity index (χ4n) is 1.87. The molecule has 5 heteroatoms. The van der Waals surface area contributed by atoms with Crippen LogP contribution in [-0.2, 0) is 5.41 Å². The van der Waals surface area contributed by atoms with E-state index in [-0.39, 0.29) is 35.2 Å². The number of nitrogens with zero attached hydrogens (tertiary/aromatic N) is 1. The first-order chi connectivity index (χ1) is 9.35. The quantitative estimate of drug-likeness (QED) is 0.444. The number of halogens is 2. The van der Waals surface area contributed by atoms with Crippen molar-refractivity contribution < 1.29 is 4.39 Å². The molecule has 0 saturated heterocycles. The van der Waals surface area contributed by atoms with Crippen LogP contribution in [0.3, 0.4) is 0 Å². The summed E-state index contributed by atoms with van der Waals surface area (Å²) in [4.78, 5) is 4.60. The predicted molar refractivity (Wildman–Crippen MR) is 99.1 cm³/mol. The Morgan fingerprint density at radius 3 is 2.52 bits per heavy atom. The van der Waals surface area contributed by atoms with Crippen molar-refractivity contribution in [2.45, 2.75) is 46.1 Å². The summed E-state index contributed by atoms with van der Waals surface area (Å²) in [7, 11) is 0. The lowest BCUT2D eigenvalue weighted by atomic mass is 9.85. The summed E-state index contributed by atoms with van der Waals surface area (Å²) < 4.78 is 13.3. The van der Waals surface area contributed by atoms with Crippen molar-refractivity contribution in [3.05, 3.63) is 35.6 Å². The zero-order valence-corrected chi connectivity index (χ0v) is 15.9. The van der Waals surface area contributed by atoms with Gasteiger partial charge in [-0.1, -0.05) is 26.0 Å². The molecule has 0 aromatic heterocycles. The molecule has 3 nitrogen and oxygen atoms in total. The van der Waals surface area contributed by atoms with Crippen molar-refractivity contribution in [3.63, 3.8) is 0 Å². The van der Waals surface area contributed by atoms with Gasteiger partial charge in [0.15, 0.2) is 5.96 Å². The van der Waals surface area contributed by atoms with Crippen molar-refractivity contribution in [2.24, 2.45) is 4.99 Å². The third kappa shape index (κ3) is 7.11. The average Bonchev–Trinajstić information content (AvgIpc) is 2.36. The lowest BCUT2D eigenvalue weighted by Gasteiger charge is -2.24. The molecule has 1 rings (SSSR count). The highest BCUT2D eigenvalue weighted by Crippen LogP contribution is 2.24. The molecule has 1 aromatic rings. The number of hydrogen-bond acceptors (Lipinski definition) is 1. The summed E-state index contributed by atoms with van der Waals surface area (Å²) in [6.07, 6.45) is 0. The first-order valence-electron chi connectivity index (χ1n) is 7.16. The fourth-order valence-corrected chi connectivity index (χ4v) is 1.87. The average molecular weight is 407 g/mol. The van der Waals surface area contributed by atoms with E-state index in [0.717, 1.165) is 18.1 Å². The minimum atomic E-state index is -0.207. The molecule has 0 aliphatic carbocycles. The number of benzene rings is 1. The molecule has 0 radical (unpaired) electrons. The molecule has 0 spiro atoms. The number of hydrogen-bond donors (Lipinski definition) is 2. The third-order valence-corrected chi connectivity index (χ3v) is 3.01. The zero-order valence-electron chi connectivity index (χ0n) is 13.5. The van der Waals surface area contributed by atoms with E-state index in [2.05, 4.69) is 43.3 Å². The van der Waals surface area contributed by atoms with Crippen LogP contribution in [0, 0.1) is 5.82 Å². The maximum absolute atomic E-state index is 13.3. The molecule has 21 heavy (non-hydrogen) atoms. The molecule has 0 aliphatic heterocycles. The SMILES string of the molecule is CCNC(=NCC(C)(C)c1cccc(F)c1)NC(C)C.I. The molecule has 0 heterocycles. The van der Waals surface area contributed by atoms with Crippen LogP contribution in [0.5, 0.6) is 0 Å². The van der Waals surface area contributed by atoms with E-state index in [1.165, 1.54) is 6.07 Å². The molecule has 120 valence electrons. The summed E-state index contributed by atoms with van der Waals surface area (Å²) in [6, 6.07) is 7.06. The normalized spacial score (nSPS) is 12.0. The molecule has 1 aromatic carbocycles. The summed E-state index contributed by atoms with van der Waals surface area (Å²) in [5.41, 5.74) is 0.753. The molecular weight excluding hydrogens is 380 g/mol. The van der Waals surface area contributed by atoms with E-state index in [4.69, 9.17) is 0 Å². The number of nitrogens with one attached hydrogen (secondary N) is 2. The molecule has 2 N–H and O–H groups in total. The van der Waals surface area contributed by atoms with Crippen LogP contribution < -0.4 is 10.6 Å². The first kappa shape index (κ1) is 20.1. The maximum atomic E-state index is 13.3. The Labute approximate surface area is 144 Å². The second-order valence-electron chi connectivity index (χ2n) is 5.89. The zero-order chi connectivity index (χ0) is 15.2. The van der Waals surface area contributed by atoms with E-state index in [1.54, 1.807) is 12.1 Å². The van der Waals surface area contributed by atoms with E-state index in [9.17, 15) is 4.39 Å². The minimum absolute atomic E-state index is 0. The first-order valence-corrected chi connectivity index (χ1v) is 7.16. The van der Waals surface area contributed by atoms with Gasteiger partial charge in [-0.25, -0.2) is 4.39 Å². The monoisotopic (exact) mass is 407 g/mol. The van der Waals surface area contributed by atoms with Gasteiger partial charge in [0.1, 0.15) is 5.82 Å². The molecule has 0 bridgehead atoms. The molecule has 0 saturated carbocycles. The second-order valence-corrected chi connectivity index (χ2v) is 5.89. The van der Waals surface area contributed by atoms with Crippen molar-refractivity contribution in [3.8, 4) is 0 Å². The summed E-state index contributed by atoms with van der Waals surface area (Å²) in [5, 5.41) is 6.50. The standard InChI is InChI=1S/C16H26FN3.HI/c1-6-18-15(20-12(2)3)19-11-16(4,5)13-8-7-9-14(17)10-13;/h7-10,12H,6,11H2,1-5H3,(H2,18,19,20);1H. The fraction of sp³-hybridized carbons (Fsp3) is 0.562. The van der Waals surface area contributed by atoms with Gasteiger partial charge in [0.25, 0.3) is 0 Å². The van der Waals surface area contributed by atoms with Crippen LogP contribution in [0.1, 0.15) is 40.2 Å². The van der Waals surface area contributed by atoms with Crippen LogP contribution in [0.25, 0.3) is 0 Å². The topological polar surface area (TPSA) is 36.4 Å². The van der Waals surface area contributed by atoms with Gasteiger partial charge in [0.2, 0.25) is 0 Å². The van der Waals surface area contributed by atoms with E-state index >= 15 is 0 Å². The molecule has 0 unspecified atom stereocenters. The Morgan fingerprint density at radius 2 is 2.00 bits per heavy atom. The summed E-state index contributed by atoms with van der Waals surface area (Å²) >= 11 is 0. The van der Waals surface area contributed by atoms with E-state index in [0.29, 0.717) is 12.6 Å². The molecular formula is C16H27FIN3. The van der Waals surface area contributed by atoms with Gasteiger partial charge in [-0.2, -0.15) is 0 Å². The lowest BCUT2D eigenvalue weighted by Crippen LogP contribution is -2.41. The molecule has 0 amide bonds. The van der Waals surface area contributed by atoms with Crippen LogP contribution in [0.15, 0.2) is 29.3 Å². The molecule has 0 fully saturated rings. The smallest absolute Gasteiger partial charge is 0.191 e. The van der Waals surface area contributed by atoms with Gasteiger partial charge in [0.05, 0.1) is 6.54 Å². The molecule has 0 atom stereocenters. The van der Waals surface area contributed by atoms with Crippen molar-refractivity contribution in [1.29, 1.82) is 0 Å². The number of rotatable bonds is 5. The summed E-state index contributed by atoms with van der Waals surface area (Å²) in [6.45, 7) is 11.7. The van der Waals surface area contributed by atoms with E-state index < -0.39 is 0 Å². The Kier molecular flexibility index (Phi) is 8.85. The lowest BCUT2D eigenvalue weighted by molar-refractivity contribution is 0.528. The van der Waals surface area contributed by atoms with Crippen LogP contribution in [0.2, 0.25) is 0 Å². The van der Waals surface area contributed by atoms with Gasteiger partial charge in [0, 0.05) is 18.0 Å². The van der Waals surface area contributed by atoms with Crippen LogP contribution in [0.4, 0.5) is 4.39 Å². The van der Waals surface area contributed by atoms with Gasteiger partial charge in [-0.15, -0.1) is 24.0 Å². The van der Waals surface area contributed by atoms with Crippen molar-refractivity contribution >= 4 is 29.9 Å². The maximum Gasteiger partial charge on any atom is 0.191 e. The third-order valence-electron chi connectivity index (χ3n) is 3.01. The Balaban J connectivity index is 0.00000400. The Hall–Kier alpha value is -0.850. The largest absolute Gasteiger partial charge is 0.357 e. The molecule has 0 aliphatic rings. The van der Waals surface area contributed by atoms with Crippen molar-refractivity contribution in [2.75, 3.05) is 13.1 Å². The van der Waals surface area contributed by atoms with Gasteiger partial charge in [-0.05, 0) is 38.5 Å². The Morgan fingerprint density at radius 1 is 1.33 bits per heavy atom. The second kappa shape index (κ2) is 9.23. The predicted octanol–water partition coefficient (Wildman–Crippen LogP) is 3.68. The van der Waals surface area contributed by atoms with Gasteiger partial charge < -0.3 is 10.6 Å². The van der Waals surface area contributed by atoms with Crippen LogP contribution in [-0.4, -0.2) is 25.1 Å². The summed E-state index contributed by atoms with van der Waals surface area (Å²) in [5.74, 6) is 0.596. The highest BCUT2D eigenvalue weighted by molar-refractivity contribution is 14.0. The number of guanidine groups is 1. The van der Waals surface area contributed by atoms with Gasteiger partial charge in [-0.3, -0.25) is 4.99 Å². The van der Waals surface area contributed by atoms with Crippen molar-refractivity contribution in [1.82, 2.24) is 10.6 Å². The highest BCUT2D eigenvalue weighted by Gasteiger charge is 2.21.